The second-order valence-electron chi connectivity index (χ2n) is 6.82. The Balaban J connectivity index is 1.50. The minimum absolute atomic E-state index is 0.561. The zero-order valence-electron chi connectivity index (χ0n) is 15.1. The summed E-state index contributed by atoms with van der Waals surface area (Å²) < 4.78 is 5.87. The molecule has 0 amide bonds. The predicted molar refractivity (Wildman–Crippen MR) is 107 cm³/mol. The van der Waals surface area contributed by atoms with E-state index in [9.17, 15) is 0 Å². The quantitative estimate of drug-likeness (QED) is 0.467. The second kappa shape index (κ2) is 7.04. The van der Waals surface area contributed by atoms with Crippen LogP contribution in [-0.4, -0.2) is 4.98 Å². The summed E-state index contributed by atoms with van der Waals surface area (Å²) in [6.45, 7) is 5.21. The van der Waals surface area contributed by atoms with Gasteiger partial charge in [0.2, 0.25) is 5.89 Å². The summed E-state index contributed by atoms with van der Waals surface area (Å²) in [5.41, 5.74) is 6.33. The van der Waals surface area contributed by atoms with Crippen LogP contribution in [0, 0.1) is 0 Å². The molecule has 0 unspecified atom stereocenters. The summed E-state index contributed by atoms with van der Waals surface area (Å²) in [4.78, 5) is 4.62. The lowest BCUT2D eigenvalue weighted by atomic mass is 10.0. The Labute approximate surface area is 153 Å². The smallest absolute Gasteiger partial charge is 0.227 e. The van der Waals surface area contributed by atoms with Gasteiger partial charge in [0.1, 0.15) is 5.52 Å². The summed E-state index contributed by atoms with van der Waals surface area (Å²) >= 11 is 0. The van der Waals surface area contributed by atoms with E-state index in [0.29, 0.717) is 11.8 Å². The van der Waals surface area contributed by atoms with Crippen LogP contribution in [0.15, 0.2) is 77.2 Å². The van der Waals surface area contributed by atoms with Crippen LogP contribution < -0.4 is 5.32 Å². The van der Waals surface area contributed by atoms with Gasteiger partial charge in [-0.3, -0.25) is 0 Å². The SMILES string of the molecule is CC(C)c1ccc(CNc2ccc3oc(-c4ccccc4)nc3c2)cc1. The third kappa shape index (κ3) is 3.47. The zero-order chi connectivity index (χ0) is 17.9. The van der Waals surface area contributed by atoms with Crippen molar-refractivity contribution in [2.75, 3.05) is 5.32 Å². The summed E-state index contributed by atoms with van der Waals surface area (Å²) in [5.74, 6) is 1.22. The first kappa shape index (κ1) is 16.4. The number of rotatable bonds is 5. The van der Waals surface area contributed by atoms with Crippen molar-refractivity contribution in [3.8, 4) is 11.5 Å². The van der Waals surface area contributed by atoms with Crippen LogP contribution in [0.4, 0.5) is 5.69 Å². The number of benzene rings is 3. The third-order valence-electron chi connectivity index (χ3n) is 4.55. The molecule has 4 aromatic rings. The summed E-state index contributed by atoms with van der Waals surface area (Å²) in [7, 11) is 0. The lowest BCUT2D eigenvalue weighted by Crippen LogP contribution is -1.99. The van der Waals surface area contributed by atoms with Gasteiger partial charge in [0, 0.05) is 17.8 Å². The average Bonchev–Trinajstić information content (AvgIpc) is 3.11. The molecule has 1 aromatic heterocycles. The Bertz CT molecular complexity index is 1000. The van der Waals surface area contributed by atoms with Crippen molar-refractivity contribution in [2.24, 2.45) is 0 Å². The molecule has 3 heteroatoms. The topological polar surface area (TPSA) is 38.1 Å². The Morgan fingerprint density at radius 1 is 0.923 bits per heavy atom. The van der Waals surface area contributed by atoms with Gasteiger partial charge in [-0.15, -0.1) is 0 Å². The van der Waals surface area contributed by atoms with Gasteiger partial charge in [0.15, 0.2) is 5.58 Å². The van der Waals surface area contributed by atoms with Gasteiger partial charge in [0.05, 0.1) is 0 Å². The second-order valence-corrected chi connectivity index (χ2v) is 6.82. The van der Waals surface area contributed by atoms with E-state index < -0.39 is 0 Å². The maximum absolute atomic E-state index is 5.87. The highest BCUT2D eigenvalue weighted by Gasteiger charge is 2.08. The van der Waals surface area contributed by atoms with Crippen molar-refractivity contribution in [3.05, 3.63) is 83.9 Å². The molecule has 1 N–H and O–H groups in total. The van der Waals surface area contributed by atoms with E-state index in [1.54, 1.807) is 0 Å². The molecule has 3 nitrogen and oxygen atoms in total. The molecule has 130 valence electrons. The minimum Gasteiger partial charge on any atom is -0.436 e. The number of hydrogen-bond donors (Lipinski definition) is 1. The van der Waals surface area contributed by atoms with Crippen molar-refractivity contribution in [3.63, 3.8) is 0 Å². The van der Waals surface area contributed by atoms with Crippen molar-refractivity contribution < 1.29 is 4.42 Å². The first-order valence-electron chi connectivity index (χ1n) is 8.98. The number of aromatic nitrogens is 1. The first-order chi connectivity index (χ1) is 12.7. The third-order valence-corrected chi connectivity index (χ3v) is 4.55. The molecular formula is C23H22N2O. The van der Waals surface area contributed by atoms with E-state index in [2.05, 4.69) is 48.4 Å². The molecule has 0 saturated heterocycles. The van der Waals surface area contributed by atoms with Crippen LogP contribution in [-0.2, 0) is 6.54 Å². The molecule has 0 fully saturated rings. The van der Waals surface area contributed by atoms with Gasteiger partial charge in [-0.1, -0.05) is 56.3 Å². The van der Waals surface area contributed by atoms with Crippen LogP contribution in [0.3, 0.4) is 0 Å². The van der Waals surface area contributed by atoms with E-state index in [1.807, 2.05) is 48.5 Å². The van der Waals surface area contributed by atoms with Gasteiger partial charge in [-0.25, -0.2) is 4.98 Å². The highest BCUT2D eigenvalue weighted by Crippen LogP contribution is 2.26. The molecule has 4 rings (SSSR count). The Morgan fingerprint density at radius 3 is 2.42 bits per heavy atom. The molecule has 0 spiro atoms. The molecule has 0 radical (unpaired) electrons. The highest BCUT2D eigenvalue weighted by molar-refractivity contribution is 5.80. The molecule has 3 aromatic carbocycles. The van der Waals surface area contributed by atoms with E-state index in [0.717, 1.165) is 28.9 Å². The normalized spacial score (nSPS) is 11.2. The lowest BCUT2D eigenvalue weighted by Gasteiger charge is -2.09. The number of nitrogens with one attached hydrogen (secondary N) is 1. The Hall–Kier alpha value is -3.07. The van der Waals surface area contributed by atoms with E-state index in [4.69, 9.17) is 4.42 Å². The van der Waals surface area contributed by atoms with Gasteiger partial charge in [0.25, 0.3) is 0 Å². The van der Waals surface area contributed by atoms with E-state index >= 15 is 0 Å². The number of fused-ring (bicyclic) bond motifs is 1. The predicted octanol–water partition coefficient (Wildman–Crippen LogP) is 6.23. The van der Waals surface area contributed by atoms with Crippen LogP contribution in [0.5, 0.6) is 0 Å². The Morgan fingerprint density at radius 2 is 1.69 bits per heavy atom. The van der Waals surface area contributed by atoms with E-state index in [1.165, 1.54) is 11.1 Å². The molecule has 0 aliphatic heterocycles. The van der Waals surface area contributed by atoms with Gasteiger partial charge in [-0.2, -0.15) is 0 Å². The lowest BCUT2D eigenvalue weighted by molar-refractivity contribution is 0.620. The number of oxazole rings is 1. The minimum atomic E-state index is 0.561. The summed E-state index contributed by atoms with van der Waals surface area (Å²) in [6, 6.07) is 24.8. The molecule has 0 bridgehead atoms. The molecule has 0 atom stereocenters. The number of nitrogens with zero attached hydrogens (tertiary/aromatic N) is 1. The Kier molecular flexibility index (Phi) is 4.44. The molecule has 0 saturated carbocycles. The standard InChI is InChI=1S/C23H22N2O/c1-16(2)18-10-8-17(9-11-18)15-24-20-12-13-22-21(14-20)25-23(26-22)19-6-4-3-5-7-19/h3-14,16,24H,15H2,1-2H3. The van der Waals surface area contributed by atoms with Gasteiger partial charge >= 0.3 is 0 Å². The molecular weight excluding hydrogens is 320 g/mol. The van der Waals surface area contributed by atoms with E-state index in [-0.39, 0.29) is 0 Å². The van der Waals surface area contributed by atoms with Crippen molar-refractivity contribution in [2.45, 2.75) is 26.3 Å². The van der Waals surface area contributed by atoms with Crippen LogP contribution in [0.25, 0.3) is 22.6 Å². The maximum Gasteiger partial charge on any atom is 0.227 e. The molecule has 0 aliphatic carbocycles. The summed E-state index contributed by atoms with van der Waals surface area (Å²) in [5, 5.41) is 3.47. The van der Waals surface area contributed by atoms with Crippen molar-refractivity contribution >= 4 is 16.8 Å². The number of anilines is 1. The fraction of sp³-hybridized carbons (Fsp3) is 0.174. The number of hydrogen-bond acceptors (Lipinski definition) is 3. The van der Waals surface area contributed by atoms with Gasteiger partial charge < -0.3 is 9.73 Å². The fourth-order valence-corrected chi connectivity index (χ4v) is 2.97. The highest BCUT2D eigenvalue weighted by atomic mass is 16.3. The van der Waals surface area contributed by atoms with Crippen LogP contribution in [0.1, 0.15) is 30.9 Å². The first-order valence-corrected chi connectivity index (χ1v) is 8.98. The molecule has 26 heavy (non-hydrogen) atoms. The van der Waals surface area contributed by atoms with Crippen LogP contribution >= 0.6 is 0 Å². The van der Waals surface area contributed by atoms with Crippen LogP contribution in [0.2, 0.25) is 0 Å². The maximum atomic E-state index is 5.87. The van der Waals surface area contributed by atoms with Crippen molar-refractivity contribution in [1.29, 1.82) is 0 Å². The molecule has 0 aliphatic rings. The average molecular weight is 342 g/mol. The monoisotopic (exact) mass is 342 g/mol. The van der Waals surface area contributed by atoms with Crippen molar-refractivity contribution in [1.82, 2.24) is 4.98 Å². The van der Waals surface area contributed by atoms with Gasteiger partial charge in [-0.05, 0) is 47.4 Å². The zero-order valence-corrected chi connectivity index (χ0v) is 15.1. The fourth-order valence-electron chi connectivity index (χ4n) is 2.97. The summed E-state index contributed by atoms with van der Waals surface area (Å²) in [6.07, 6.45) is 0. The largest absolute Gasteiger partial charge is 0.436 e. The molecule has 1 heterocycles.